The summed E-state index contributed by atoms with van der Waals surface area (Å²) in [5, 5.41) is 6.21. The number of hydrogen-bond acceptors (Lipinski definition) is 8. The first-order valence-corrected chi connectivity index (χ1v) is 16.3. The number of para-hydroxylation sites is 1. The van der Waals surface area contributed by atoms with Gasteiger partial charge in [0.2, 0.25) is 0 Å². The minimum atomic E-state index is -3.40. The smallest absolute Gasteiger partial charge is 0.182 e. The highest BCUT2D eigenvalue weighted by molar-refractivity contribution is 7.92. The SMILES string of the molecule is C#C.C#CC.Cc1cc(N)c(OC(C)C)cc1C1CCNCC1.Cc1ncc(Cl)c(Nc2ccccc2S(=O)(=O)C(C)C)n1. The summed E-state index contributed by atoms with van der Waals surface area (Å²) in [6.45, 7) is 15.1. The number of nitrogen functional groups attached to an aromatic ring is 1. The molecule has 4 N–H and O–H groups in total. The van der Waals surface area contributed by atoms with E-state index in [1.54, 1.807) is 52.0 Å². The van der Waals surface area contributed by atoms with Crippen molar-refractivity contribution in [3.05, 3.63) is 64.6 Å². The normalized spacial score (nSPS) is 12.8. The average Bonchev–Trinajstić information content (AvgIpc) is 2.98. The molecule has 1 aliphatic heterocycles. The summed E-state index contributed by atoms with van der Waals surface area (Å²) in [7, 11) is -3.40. The number of terminal acetylenes is 2. The molecule has 0 amide bonds. The first-order chi connectivity index (χ1) is 20.8. The van der Waals surface area contributed by atoms with Crippen molar-refractivity contribution < 1.29 is 13.2 Å². The largest absolute Gasteiger partial charge is 0.489 e. The molecule has 0 saturated carbocycles. The van der Waals surface area contributed by atoms with E-state index in [2.05, 4.69) is 64.8 Å². The van der Waals surface area contributed by atoms with E-state index in [9.17, 15) is 8.42 Å². The van der Waals surface area contributed by atoms with Gasteiger partial charge in [0.05, 0.1) is 33.8 Å². The lowest BCUT2D eigenvalue weighted by molar-refractivity contribution is 0.243. The molecule has 238 valence electrons. The van der Waals surface area contributed by atoms with Crippen molar-refractivity contribution >= 4 is 38.6 Å². The van der Waals surface area contributed by atoms with Crippen LogP contribution in [0.1, 0.15) is 70.3 Å². The van der Waals surface area contributed by atoms with Gasteiger partial charge in [0.25, 0.3) is 0 Å². The lowest BCUT2D eigenvalue weighted by Gasteiger charge is -2.25. The van der Waals surface area contributed by atoms with Crippen molar-refractivity contribution in [3.8, 4) is 30.9 Å². The number of aryl methyl sites for hydroxylation is 2. The average molecular weight is 640 g/mol. The van der Waals surface area contributed by atoms with Gasteiger partial charge in [0.15, 0.2) is 15.7 Å². The highest BCUT2D eigenvalue weighted by Gasteiger charge is 2.23. The lowest BCUT2D eigenvalue weighted by atomic mass is 9.87. The summed E-state index contributed by atoms with van der Waals surface area (Å²) in [6.07, 6.45) is 16.6. The Balaban J connectivity index is 0.000000387. The number of piperidine rings is 1. The van der Waals surface area contributed by atoms with Crippen molar-refractivity contribution in [3.63, 3.8) is 0 Å². The molecule has 2 heterocycles. The van der Waals surface area contributed by atoms with Crippen LogP contribution in [-0.2, 0) is 9.84 Å². The number of nitrogens with one attached hydrogen (secondary N) is 2. The Morgan fingerprint density at radius 3 is 2.27 bits per heavy atom. The number of nitrogens with two attached hydrogens (primary N) is 1. The Hall–Kier alpha value is -3.76. The summed E-state index contributed by atoms with van der Waals surface area (Å²) in [5.41, 5.74) is 9.92. The summed E-state index contributed by atoms with van der Waals surface area (Å²) in [5.74, 6) is 4.66. The summed E-state index contributed by atoms with van der Waals surface area (Å²) in [4.78, 5) is 8.40. The lowest BCUT2D eigenvalue weighted by Crippen LogP contribution is -2.27. The molecule has 0 spiro atoms. The molecule has 44 heavy (non-hydrogen) atoms. The number of aromatic nitrogens is 2. The number of rotatable bonds is 7. The Labute approximate surface area is 269 Å². The Morgan fingerprint density at radius 2 is 1.70 bits per heavy atom. The van der Waals surface area contributed by atoms with Crippen LogP contribution in [-0.4, -0.2) is 42.8 Å². The van der Waals surface area contributed by atoms with E-state index >= 15 is 0 Å². The minimum absolute atomic E-state index is 0.163. The molecule has 1 fully saturated rings. The Bertz CT molecular complexity index is 1510. The van der Waals surface area contributed by atoms with Gasteiger partial charge in [0, 0.05) is 0 Å². The zero-order valence-corrected chi connectivity index (χ0v) is 28.4. The Morgan fingerprint density at radius 1 is 1.11 bits per heavy atom. The second-order valence-electron chi connectivity index (χ2n) is 10.6. The molecule has 2 aromatic carbocycles. The van der Waals surface area contributed by atoms with Crippen LogP contribution in [0.15, 0.2) is 47.5 Å². The maximum atomic E-state index is 12.4. The van der Waals surface area contributed by atoms with Crippen molar-refractivity contribution in [1.29, 1.82) is 0 Å². The maximum absolute atomic E-state index is 12.4. The molecule has 0 unspecified atom stereocenters. The first kappa shape index (κ1) is 38.3. The second kappa shape index (κ2) is 18.8. The van der Waals surface area contributed by atoms with Gasteiger partial charge < -0.3 is 21.1 Å². The number of sulfone groups is 1. The van der Waals surface area contributed by atoms with E-state index in [1.807, 2.05) is 13.8 Å². The second-order valence-corrected chi connectivity index (χ2v) is 13.4. The highest BCUT2D eigenvalue weighted by Crippen LogP contribution is 2.34. The van der Waals surface area contributed by atoms with E-state index < -0.39 is 15.1 Å². The minimum Gasteiger partial charge on any atom is -0.489 e. The fourth-order valence-electron chi connectivity index (χ4n) is 4.40. The molecule has 8 nitrogen and oxygen atoms in total. The standard InChI is InChI=1S/C15H24N2O.C14H16ClN3O2S.C3H4.C2H2/c1-10(2)18-15-9-13(11(3)8-14(15)16)12-4-6-17-7-5-12;1-9(2)21(19,20)13-7-5-4-6-12(13)18-14-11(15)8-16-10(3)17-14;1-3-2;1-2/h8-10,12,17H,4-7,16H2,1-3H3;4-9H,1-3H3,(H,16,17,18);1H,2H3;1-2H. The number of anilines is 3. The van der Waals surface area contributed by atoms with E-state index in [0.29, 0.717) is 28.3 Å². The predicted octanol–water partition coefficient (Wildman–Crippen LogP) is 7.08. The molecule has 0 bridgehead atoms. The van der Waals surface area contributed by atoms with Crippen LogP contribution < -0.4 is 21.1 Å². The van der Waals surface area contributed by atoms with Crippen molar-refractivity contribution in [1.82, 2.24) is 15.3 Å². The van der Waals surface area contributed by atoms with E-state index in [4.69, 9.17) is 22.1 Å². The van der Waals surface area contributed by atoms with Crippen molar-refractivity contribution in [2.24, 2.45) is 0 Å². The van der Waals surface area contributed by atoms with Gasteiger partial charge >= 0.3 is 0 Å². The van der Waals surface area contributed by atoms with E-state index in [-0.39, 0.29) is 11.0 Å². The zero-order valence-electron chi connectivity index (χ0n) is 26.8. The number of ether oxygens (including phenoxy) is 1. The van der Waals surface area contributed by atoms with Crippen LogP contribution in [0, 0.1) is 39.0 Å². The predicted molar refractivity (Wildman–Crippen MR) is 184 cm³/mol. The third-order valence-electron chi connectivity index (χ3n) is 6.47. The van der Waals surface area contributed by atoms with Gasteiger partial charge in [-0.2, -0.15) is 0 Å². The third-order valence-corrected chi connectivity index (χ3v) is 8.96. The van der Waals surface area contributed by atoms with Crippen molar-refractivity contribution in [2.45, 2.75) is 83.5 Å². The van der Waals surface area contributed by atoms with Gasteiger partial charge in [-0.15, -0.1) is 25.2 Å². The van der Waals surface area contributed by atoms with Crippen LogP contribution in [0.5, 0.6) is 5.75 Å². The molecule has 0 atom stereocenters. The number of halogens is 1. The van der Waals surface area contributed by atoms with Crippen molar-refractivity contribution in [2.75, 3.05) is 24.1 Å². The molecule has 10 heteroatoms. The molecular weight excluding hydrogens is 594 g/mol. The molecule has 4 rings (SSSR count). The summed E-state index contributed by atoms with van der Waals surface area (Å²) in [6, 6.07) is 10.9. The Kier molecular flexibility index (Phi) is 16.4. The molecule has 1 aromatic heterocycles. The summed E-state index contributed by atoms with van der Waals surface area (Å²) < 4.78 is 30.6. The van der Waals surface area contributed by atoms with Crippen LogP contribution in [0.3, 0.4) is 0 Å². The molecule has 1 aliphatic rings. The van der Waals surface area contributed by atoms with Crippen LogP contribution in [0.2, 0.25) is 5.02 Å². The number of hydrogen-bond donors (Lipinski definition) is 3. The topological polar surface area (TPSA) is 119 Å². The van der Waals surface area contributed by atoms with Crippen LogP contribution in [0.25, 0.3) is 0 Å². The zero-order chi connectivity index (χ0) is 33.4. The van der Waals surface area contributed by atoms with E-state index in [1.165, 1.54) is 30.2 Å². The van der Waals surface area contributed by atoms with E-state index in [0.717, 1.165) is 24.5 Å². The van der Waals surface area contributed by atoms with Gasteiger partial charge in [0.1, 0.15) is 16.6 Å². The summed E-state index contributed by atoms with van der Waals surface area (Å²) >= 11 is 6.04. The van der Waals surface area contributed by atoms with Gasteiger partial charge in [-0.1, -0.05) is 23.7 Å². The first-order valence-electron chi connectivity index (χ1n) is 14.4. The van der Waals surface area contributed by atoms with Gasteiger partial charge in [-0.25, -0.2) is 18.4 Å². The van der Waals surface area contributed by atoms with Crippen LogP contribution >= 0.6 is 11.6 Å². The molecule has 0 radical (unpaired) electrons. The number of benzene rings is 2. The quantitative estimate of drug-likeness (QED) is 0.185. The third kappa shape index (κ3) is 11.4. The molecular formula is C34H46ClN5O3S. The van der Waals surface area contributed by atoms with Gasteiger partial charge in [-0.05, 0) is 116 Å². The molecule has 1 saturated heterocycles. The highest BCUT2D eigenvalue weighted by atomic mass is 35.5. The number of nitrogens with zero attached hydrogens (tertiary/aromatic N) is 2. The monoisotopic (exact) mass is 639 g/mol. The molecule has 0 aliphatic carbocycles. The maximum Gasteiger partial charge on any atom is 0.182 e. The van der Waals surface area contributed by atoms with Gasteiger partial charge in [-0.3, -0.25) is 0 Å². The fraction of sp³-hybridized carbons (Fsp3) is 0.412. The fourth-order valence-corrected chi connectivity index (χ4v) is 5.74. The van der Waals surface area contributed by atoms with Crippen LogP contribution in [0.4, 0.5) is 17.2 Å². The molecule has 3 aromatic rings.